The zero-order chi connectivity index (χ0) is 24.5. The Bertz CT molecular complexity index is 1430. The molecule has 0 saturated carbocycles. The minimum atomic E-state index is -0.328. The van der Waals surface area contributed by atoms with Gasteiger partial charge in [-0.3, -0.25) is 19.6 Å². The van der Waals surface area contributed by atoms with Gasteiger partial charge in [-0.05, 0) is 42.5 Å². The summed E-state index contributed by atoms with van der Waals surface area (Å²) in [6, 6.07) is 17.5. The van der Waals surface area contributed by atoms with E-state index in [4.69, 9.17) is 17.3 Å². The number of halogens is 1. The fourth-order valence-corrected chi connectivity index (χ4v) is 4.06. The van der Waals surface area contributed by atoms with Crippen LogP contribution in [0.5, 0.6) is 0 Å². The largest absolute Gasteiger partial charge is 0.368 e. The number of anilines is 4. The fourth-order valence-electron chi connectivity index (χ4n) is 3.84. The maximum atomic E-state index is 13.1. The van der Waals surface area contributed by atoms with Crippen molar-refractivity contribution in [2.45, 2.75) is 6.54 Å². The van der Waals surface area contributed by atoms with Crippen molar-refractivity contribution in [3.05, 3.63) is 89.2 Å². The normalized spacial score (nSPS) is 12.9. The van der Waals surface area contributed by atoms with Gasteiger partial charge in [0.25, 0.3) is 5.91 Å². The second-order valence-corrected chi connectivity index (χ2v) is 8.32. The SMILES string of the molecule is CN1C(=O)N(c2cc(NC(=O)c3ccc(-c4ccccn4)cc3)ccc2Cl)Cc2cnc(N)nc21. The molecule has 0 bridgehead atoms. The van der Waals surface area contributed by atoms with Gasteiger partial charge in [-0.15, -0.1) is 0 Å². The maximum absolute atomic E-state index is 13.1. The lowest BCUT2D eigenvalue weighted by molar-refractivity contribution is 0.102. The molecule has 3 N–H and O–H groups in total. The van der Waals surface area contributed by atoms with E-state index in [9.17, 15) is 9.59 Å². The Labute approximate surface area is 206 Å². The van der Waals surface area contributed by atoms with E-state index in [0.717, 1.165) is 16.8 Å². The van der Waals surface area contributed by atoms with E-state index in [2.05, 4.69) is 20.3 Å². The summed E-state index contributed by atoms with van der Waals surface area (Å²) < 4.78 is 0. The van der Waals surface area contributed by atoms with E-state index < -0.39 is 0 Å². The molecule has 3 amide bonds. The van der Waals surface area contributed by atoms with Gasteiger partial charge >= 0.3 is 6.03 Å². The molecular weight excluding hydrogens is 466 g/mol. The van der Waals surface area contributed by atoms with Crippen LogP contribution in [0.3, 0.4) is 0 Å². The summed E-state index contributed by atoms with van der Waals surface area (Å²) in [5.74, 6) is 0.253. The van der Waals surface area contributed by atoms with Crippen LogP contribution >= 0.6 is 11.6 Å². The van der Waals surface area contributed by atoms with E-state index in [1.54, 1.807) is 49.8 Å². The Morgan fingerprint density at radius 3 is 2.63 bits per heavy atom. The second-order valence-electron chi connectivity index (χ2n) is 7.92. The van der Waals surface area contributed by atoms with Crippen molar-refractivity contribution in [3.8, 4) is 11.3 Å². The molecule has 4 aromatic rings. The molecule has 0 fully saturated rings. The number of carbonyl (C=O) groups excluding carboxylic acids is 2. The van der Waals surface area contributed by atoms with Gasteiger partial charge in [0.15, 0.2) is 0 Å². The van der Waals surface area contributed by atoms with E-state index in [-0.39, 0.29) is 24.4 Å². The van der Waals surface area contributed by atoms with Crippen LogP contribution in [0.2, 0.25) is 5.02 Å². The highest BCUT2D eigenvalue weighted by molar-refractivity contribution is 6.34. The first-order valence-electron chi connectivity index (χ1n) is 10.7. The monoisotopic (exact) mass is 485 g/mol. The van der Waals surface area contributed by atoms with Crippen molar-refractivity contribution < 1.29 is 9.59 Å². The van der Waals surface area contributed by atoms with Crippen molar-refractivity contribution in [2.75, 3.05) is 27.9 Å². The van der Waals surface area contributed by atoms with Gasteiger partial charge in [-0.1, -0.05) is 29.8 Å². The van der Waals surface area contributed by atoms with Crippen molar-refractivity contribution in [3.63, 3.8) is 0 Å². The number of benzene rings is 2. The molecular formula is C25H20ClN7O2. The molecule has 174 valence electrons. The molecule has 5 rings (SSSR count). The molecule has 2 aromatic carbocycles. The Hall–Kier alpha value is -4.50. The number of urea groups is 1. The minimum Gasteiger partial charge on any atom is -0.368 e. The van der Waals surface area contributed by atoms with Crippen LogP contribution in [-0.4, -0.2) is 33.9 Å². The molecule has 0 aliphatic carbocycles. The first-order valence-corrected chi connectivity index (χ1v) is 11.1. The lowest BCUT2D eigenvalue weighted by atomic mass is 10.1. The van der Waals surface area contributed by atoms with Crippen LogP contribution in [0.15, 0.2) is 73.1 Å². The van der Waals surface area contributed by atoms with Crippen LogP contribution in [0.1, 0.15) is 15.9 Å². The van der Waals surface area contributed by atoms with Crippen LogP contribution < -0.4 is 20.9 Å². The van der Waals surface area contributed by atoms with Gasteiger partial charge < -0.3 is 11.1 Å². The summed E-state index contributed by atoms with van der Waals surface area (Å²) >= 11 is 6.44. The number of nitrogen functional groups attached to an aromatic ring is 1. The highest BCUT2D eigenvalue weighted by atomic mass is 35.5. The summed E-state index contributed by atoms with van der Waals surface area (Å²) in [6.45, 7) is 0.213. The molecule has 3 heterocycles. The standard InChI is InChI=1S/C25H20ClN7O2/c1-32-22-17(13-29-24(27)31-22)14-33(25(32)35)21-12-18(9-10-19(21)26)30-23(34)16-7-5-15(6-8-16)20-4-2-3-11-28-20/h2-13H,14H2,1H3,(H,30,34)(H2,27,29,31). The third kappa shape index (κ3) is 4.36. The number of pyridine rings is 1. The lowest BCUT2D eigenvalue weighted by Gasteiger charge is -2.34. The van der Waals surface area contributed by atoms with Crippen LogP contribution in [0, 0.1) is 0 Å². The van der Waals surface area contributed by atoms with Gasteiger partial charge in [0.05, 0.1) is 22.9 Å². The molecule has 0 atom stereocenters. The lowest BCUT2D eigenvalue weighted by Crippen LogP contribution is -2.46. The number of hydrogen-bond donors (Lipinski definition) is 2. The van der Waals surface area contributed by atoms with E-state index >= 15 is 0 Å². The number of nitrogens with two attached hydrogens (primary N) is 1. The molecule has 0 radical (unpaired) electrons. The molecule has 1 aliphatic rings. The summed E-state index contributed by atoms with van der Waals surface area (Å²) in [6.07, 6.45) is 3.31. The predicted octanol–water partition coefficient (Wildman–Crippen LogP) is 4.60. The van der Waals surface area contributed by atoms with Gasteiger partial charge in [-0.2, -0.15) is 4.98 Å². The molecule has 10 heteroatoms. The number of carbonyl (C=O) groups is 2. The quantitative estimate of drug-likeness (QED) is 0.436. The zero-order valence-corrected chi connectivity index (χ0v) is 19.4. The number of nitrogens with one attached hydrogen (secondary N) is 1. The van der Waals surface area contributed by atoms with Crippen molar-refractivity contribution >= 4 is 46.7 Å². The van der Waals surface area contributed by atoms with E-state index in [1.165, 1.54) is 9.80 Å². The molecule has 2 aromatic heterocycles. The van der Waals surface area contributed by atoms with Gasteiger partial charge in [-0.25, -0.2) is 9.78 Å². The average molecular weight is 486 g/mol. The van der Waals surface area contributed by atoms with Crippen molar-refractivity contribution in [1.82, 2.24) is 15.0 Å². The van der Waals surface area contributed by atoms with Crippen molar-refractivity contribution in [1.29, 1.82) is 0 Å². The maximum Gasteiger partial charge on any atom is 0.330 e. The van der Waals surface area contributed by atoms with Crippen LogP contribution in [0.25, 0.3) is 11.3 Å². The summed E-state index contributed by atoms with van der Waals surface area (Å²) in [7, 11) is 1.61. The molecule has 0 saturated heterocycles. The highest BCUT2D eigenvalue weighted by Gasteiger charge is 2.31. The first-order chi connectivity index (χ1) is 16.9. The molecule has 0 unspecified atom stereocenters. The smallest absolute Gasteiger partial charge is 0.330 e. The number of amides is 3. The fraction of sp³-hybridized carbons (Fsp3) is 0.0800. The van der Waals surface area contributed by atoms with Crippen LogP contribution in [0.4, 0.5) is 27.9 Å². The highest BCUT2D eigenvalue weighted by Crippen LogP contribution is 2.35. The Kier molecular flexibility index (Phi) is 5.76. The third-order valence-electron chi connectivity index (χ3n) is 5.63. The van der Waals surface area contributed by atoms with Gasteiger partial charge in [0.2, 0.25) is 5.95 Å². The molecule has 35 heavy (non-hydrogen) atoms. The predicted molar refractivity (Wildman–Crippen MR) is 136 cm³/mol. The van der Waals surface area contributed by atoms with Crippen LogP contribution in [-0.2, 0) is 6.54 Å². The minimum absolute atomic E-state index is 0.0904. The summed E-state index contributed by atoms with van der Waals surface area (Å²) in [5, 5.41) is 3.24. The summed E-state index contributed by atoms with van der Waals surface area (Å²) in [4.78, 5) is 41.3. The second kappa shape index (κ2) is 9.03. The van der Waals surface area contributed by atoms with E-state index in [0.29, 0.717) is 27.8 Å². The Morgan fingerprint density at radius 1 is 1.09 bits per heavy atom. The number of hydrogen-bond acceptors (Lipinski definition) is 6. The molecule has 1 aliphatic heterocycles. The first kappa shape index (κ1) is 22.3. The molecule has 9 nitrogen and oxygen atoms in total. The van der Waals surface area contributed by atoms with E-state index in [1.807, 2.05) is 30.3 Å². The van der Waals surface area contributed by atoms with Gasteiger partial charge in [0, 0.05) is 41.8 Å². The van der Waals surface area contributed by atoms with Gasteiger partial charge in [0.1, 0.15) is 5.82 Å². The Balaban J connectivity index is 1.37. The summed E-state index contributed by atoms with van der Waals surface area (Å²) in [5.41, 5.74) is 9.57. The average Bonchev–Trinajstić information content (AvgIpc) is 2.88. The number of nitrogens with zero attached hydrogens (tertiary/aromatic N) is 5. The number of fused-ring (bicyclic) bond motifs is 1. The van der Waals surface area contributed by atoms with Crippen molar-refractivity contribution in [2.24, 2.45) is 0 Å². The third-order valence-corrected chi connectivity index (χ3v) is 5.95. The topological polar surface area (TPSA) is 117 Å². The Morgan fingerprint density at radius 2 is 1.89 bits per heavy atom. The molecule has 0 spiro atoms. The zero-order valence-electron chi connectivity index (χ0n) is 18.6. The number of aromatic nitrogens is 3. The number of rotatable bonds is 4.